The van der Waals surface area contributed by atoms with E-state index in [4.69, 9.17) is 0 Å². The van der Waals surface area contributed by atoms with Crippen LogP contribution in [0, 0.1) is 5.41 Å². The first kappa shape index (κ1) is 17.7. The highest BCUT2D eigenvalue weighted by atomic mass is 16.1. The third kappa shape index (κ3) is 1.82. The molecular formula is C31H20O2. The maximum Gasteiger partial charge on any atom is 0.190 e. The quantitative estimate of drug-likeness (QED) is 0.320. The lowest BCUT2D eigenvalue weighted by Gasteiger charge is -2.32. The Labute approximate surface area is 191 Å². The van der Waals surface area contributed by atoms with Crippen molar-refractivity contribution in [1.29, 1.82) is 0 Å². The number of benzene rings is 4. The molecule has 0 radical (unpaired) electrons. The third-order valence-corrected chi connectivity index (χ3v) is 8.83. The van der Waals surface area contributed by atoms with E-state index < -0.39 is 0 Å². The van der Waals surface area contributed by atoms with Crippen LogP contribution in [0.3, 0.4) is 0 Å². The van der Waals surface area contributed by atoms with Crippen LogP contribution in [0.25, 0.3) is 10.8 Å². The van der Waals surface area contributed by atoms with E-state index in [1.807, 2.05) is 36.4 Å². The van der Waals surface area contributed by atoms with Gasteiger partial charge in [-0.3, -0.25) is 9.59 Å². The standard InChI is InChI=1S/C31H20O2/c1-31-26-18-10-4-6-12-20(18)27(31)24-25(28(31)21-13-7-5-11-19(21)26)30(33)23-15-17-9-3-2-8-16(17)14-22(23)29(24)32/h2-15,26-28H,1H3/t26?,27-,28+,31?. The van der Waals surface area contributed by atoms with Gasteiger partial charge in [0.25, 0.3) is 0 Å². The summed E-state index contributed by atoms with van der Waals surface area (Å²) in [7, 11) is 0. The second-order valence-electron chi connectivity index (χ2n) is 10.2. The van der Waals surface area contributed by atoms with Crippen molar-refractivity contribution in [2.45, 2.75) is 24.7 Å². The van der Waals surface area contributed by atoms with Crippen molar-refractivity contribution in [1.82, 2.24) is 0 Å². The molecule has 4 atom stereocenters. The van der Waals surface area contributed by atoms with E-state index >= 15 is 0 Å². The molecule has 0 saturated carbocycles. The van der Waals surface area contributed by atoms with Crippen molar-refractivity contribution in [3.05, 3.63) is 129 Å². The Hall–Kier alpha value is -3.78. The molecule has 8 rings (SSSR count). The number of hydrogen-bond donors (Lipinski definition) is 0. The largest absolute Gasteiger partial charge is 0.289 e. The molecule has 4 aromatic rings. The summed E-state index contributed by atoms with van der Waals surface area (Å²) in [6.07, 6.45) is 0. The first-order chi connectivity index (χ1) is 16.1. The molecule has 0 saturated heterocycles. The molecule has 2 nitrogen and oxygen atoms in total. The van der Waals surface area contributed by atoms with Crippen molar-refractivity contribution < 1.29 is 9.59 Å². The van der Waals surface area contributed by atoms with Crippen LogP contribution in [0.15, 0.2) is 96.1 Å². The number of fused-ring (bicyclic) bond motifs is 10. The van der Waals surface area contributed by atoms with E-state index in [2.05, 4.69) is 55.5 Å². The number of carbonyl (C=O) groups excluding carboxylic acids is 2. The second kappa shape index (κ2) is 5.58. The van der Waals surface area contributed by atoms with Crippen LogP contribution in [-0.2, 0) is 0 Å². The number of Topliss-reactive ketones (excluding diaryl/α,β-unsaturated/α-hetero) is 2. The highest BCUT2D eigenvalue weighted by Gasteiger charge is 2.68. The molecule has 2 heteroatoms. The zero-order chi connectivity index (χ0) is 22.1. The molecule has 0 bridgehead atoms. The number of carbonyl (C=O) groups is 2. The molecule has 33 heavy (non-hydrogen) atoms. The molecule has 0 aliphatic heterocycles. The Morgan fingerprint density at radius 2 is 0.909 bits per heavy atom. The molecule has 2 unspecified atom stereocenters. The number of hydrogen-bond acceptors (Lipinski definition) is 2. The Morgan fingerprint density at radius 3 is 1.33 bits per heavy atom. The lowest BCUT2D eigenvalue weighted by atomic mass is 9.69. The van der Waals surface area contributed by atoms with Gasteiger partial charge in [0.15, 0.2) is 11.6 Å². The van der Waals surface area contributed by atoms with Crippen molar-refractivity contribution in [3.63, 3.8) is 0 Å². The molecule has 0 heterocycles. The summed E-state index contributed by atoms with van der Waals surface area (Å²) < 4.78 is 0. The first-order valence-electron chi connectivity index (χ1n) is 11.6. The third-order valence-electron chi connectivity index (χ3n) is 8.83. The molecule has 0 N–H and O–H groups in total. The number of rotatable bonds is 0. The van der Waals surface area contributed by atoms with Crippen LogP contribution in [0.1, 0.15) is 67.6 Å². The van der Waals surface area contributed by atoms with Gasteiger partial charge in [0.2, 0.25) is 0 Å². The fourth-order valence-corrected chi connectivity index (χ4v) is 7.74. The zero-order valence-corrected chi connectivity index (χ0v) is 18.1. The number of allylic oxidation sites excluding steroid dienone is 2. The summed E-state index contributed by atoms with van der Waals surface area (Å²) in [6, 6.07) is 29.0. The van der Waals surface area contributed by atoms with Crippen LogP contribution < -0.4 is 0 Å². The minimum Gasteiger partial charge on any atom is -0.289 e. The van der Waals surface area contributed by atoms with Gasteiger partial charge in [0, 0.05) is 45.4 Å². The average Bonchev–Trinajstić information content (AvgIpc) is 3.38. The van der Waals surface area contributed by atoms with E-state index in [-0.39, 0.29) is 34.7 Å². The minimum absolute atomic E-state index is 0.0407. The maximum atomic E-state index is 14.2. The molecule has 0 aromatic heterocycles. The topological polar surface area (TPSA) is 34.1 Å². The molecule has 4 aliphatic rings. The Bertz CT molecular complexity index is 1520. The Balaban J connectivity index is 1.48. The lowest BCUT2D eigenvalue weighted by molar-refractivity contribution is 0.0972. The van der Waals surface area contributed by atoms with Crippen molar-refractivity contribution in [2.24, 2.45) is 5.41 Å². The Morgan fingerprint density at radius 1 is 0.545 bits per heavy atom. The highest BCUT2D eigenvalue weighted by molar-refractivity contribution is 6.30. The number of ketones is 2. The van der Waals surface area contributed by atoms with Gasteiger partial charge in [-0.15, -0.1) is 0 Å². The van der Waals surface area contributed by atoms with Crippen LogP contribution in [0.4, 0.5) is 0 Å². The summed E-state index contributed by atoms with van der Waals surface area (Å²) in [5.74, 6) is 0.176. The monoisotopic (exact) mass is 424 g/mol. The molecule has 4 aromatic carbocycles. The van der Waals surface area contributed by atoms with Gasteiger partial charge < -0.3 is 0 Å². The summed E-state index contributed by atoms with van der Waals surface area (Å²) in [5, 5.41) is 2.00. The predicted octanol–water partition coefficient (Wildman–Crippen LogP) is 6.56. The van der Waals surface area contributed by atoms with Crippen LogP contribution in [-0.4, -0.2) is 11.6 Å². The average molecular weight is 424 g/mol. The summed E-state index contributed by atoms with van der Waals surface area (Å²) in [6.45, 7) is 2.31. The van der Waals surface area contributed by atoms with Crippen LogP contribution in [0.2, 0.25) is 0 Å². The molecule has 0 amide bonds. The van der Waals surface area contributed by atoms with E-state index in [1.165, 1.54) is 22.3 Å². The summed E-state index contributed by atoms with van der Waals surface area (Å²) in [4.78, 5) is 28.3. The molecule has 0 spiro atoms. The minimum atomic E-state index is -0.231. The fourth-order valence-electron chi connectivity index (χ4n) is 7.74. The lowest BCUT2D eigenvalue weighted by Crippen LogP contribution is -2.25. The van der Waals surface area contributed by atoms with Gasteiger partial charge in [-0.05, 0) is 45.2 Å². The van der Waals surface area contributed by atoms with Gasteiger partial charge in [-0.25, -0.2) is 0 Å². The molecular weight excluding hydrogens is 404 g/mol. The molecule has 156 valence electrons. The summed E-state index contributed by atoms with van der Waals surface area (Å²) in [5.41, 5.74) is 7.47. The fraction of sp³-hybridized carbons (Fsp3) is 0.161. The van der Waals surface area contributed by atoms with E-state index in [0.29, 0.717) is 11.1 Å². The smallest absolute Gasteiger partial charge is 0.190 e. The van der Waals surface area contributed by atoms with E-state index in [0.717, 1.165) is 21.9 Å². The van der Waals surface area contributed by atoms with Gasteiger partial charge in [0.05, 0.1) is 0 Å². The van der Waals surface area contributed by atoms with E-state index in [9.17, 15) is 9.59 Å². The van der Waals surface area contributed by atoms with E-state index in [1.54, 1.807) is 0 Å². The SMILES string of the molecule is CC12C3c4ccccc4[C@H]1C1=C(C(=O)c4cc5ccccc5cc4C1=O)[C@H]2c1ccccc13. The van der Waals surface area contributed by atoms with Crippen molar-refractivity contribution >= 4 is 22.3 Å². The van der Waals surface area contributed by atoms with Crippen LogP contribution >= 0.6 is 0 Å². The normalized spacial score (nSPS) is 28.0. The van der Waals surface area contributed by atoms with Gasteiger partial charge in [0.1, 0.15) is 0 Å². The maximum absolute atomic E-state index is 14.2. The second-order valence-corrected chi connectivity index (χ2v) is 10.2. The zero-order valence-electron chi connectivity index (χ0n) is 18.1. The first-order valence-corrected chi connectivity index (χ1v) is 11.6. The van der Waals surface area contributed by atoms with Gasteiger partial charge in [-0.1, -0.05) is 79.7 Å². The molecule has 0 fully saturated rings. The Kier molecular flexibility index (Phi) is 3.00. The van der Waals surface area contributed by atoms with Gasteiger partial charge in [-0.2, -0.15) is 0 Å². The van der Waals surface area contributed by atoms with Gasteiger partial charge >= 0.3 is 0 Å². The van der Waals surface area contributed by atoms with Crippen molar-refractivity contribution in [2.75, 3.05) is 0 Å². The predicted molar refractivity (Wildman–Crippen MR) is 128 cm³/mol. The summed E-state index contributed by atoms with van der Waals surface area (Å²) >= 11 is 0. The van der Waals surface area contributed by atoms with Crippen LogP contribution in [0.5, 0.6) is 0 Å². The highest BCUT2D eigenvalue weighted by Crippen LogP contribution is 2.76. The van der Waals surface area contributed by atoms with Crippen molar-refractivity contribution in [3.8, 4) is 0 Å². The molecule has 4 aliphatic carbocycles.